The lowest BCUT2D eigenvalue weighted by atomic mass is 9.98. The van der Waals surface area contributed by atoms with Gasteiger partial charge in [0.25, 0.3) is 5.91 Å². The topological polar surface area (TPSA) is 74.9 Å². The van der Waals surface area contributed by atoms with Crippen molar-refractivity contribution in [3.63, 3.8) is 0 Å². The number of allylic oxidation sites excluding steroid dienone is 1. The molecule has 4 heterocycles. The third-order valence-electron chi connectivity index (χ3n) is 5.19. The van der Waals surface area contributed by atoms with E-state index in [0.717, 1.165) is 36.5 Å². The van der Waals surface area contributed by atoms with E-state index in [1.165, 1.54) is 13.1 Å². The van der Waals surface area contributed by atoms with Crippen molar-refractivity contribution in [1.29, 1.82) is 0 Å². The molecule has 8 heteroatoms. The molecule has 0 spiro atoms. The van der Waals surface area contributed by atoms with Gasteiger partial charge in [-0.1, -0.05) is 6.58 Å². The fourth-order valence-electron chi connectivity index (χ4n) is 3.80. The van der Waals surface area contributed by atoms with Crippen LogP contribution >= 0.6 is 0 Å². The molecule has 146 valence electrons. The van der Waals surface area contributed by atoms with Gasteiger partial charge in [-0.05, 0) is 44.2 Å². The molecule has 2 aromatic heterocycles. The Morgan fingerprint density at radius 3 is 3.14 bits per heavy atom. The van der Waals surface area contributed by atoms with Crippen LogP contribution in [0.1, 0.15) is 43.0 Å². The lowest BCUT2D eigenvalue weighted by Gasteiger charge is -2.28. The van der Waals surface area contributed by atoms with Crippen molar-refractivity contribution in [3.8, 4) is 0 Å². The molecule has 2 aliphatic rings. The van der Waals surface area contributed by atoms with E-state index >= 15 is 0 Å². The number of nitrogens with zero attached hydrogens (tertiary/aromatic N) is 5. The zero-order chi connectivity index (χ0) is 19.7. The van der Waals surface area contributed by atoms with Crippen LogP contribution in [-0.4, -0.2) is 45.3 Å². The average Bonchev–Trinajstić information content (AvgIpc) is 3.32. The van der Waals surface area contributed by atoms with Gasteiger partial charge in [0.15, 0.2) is 5.65 Å². The number of carbonyl (C=O) groups is 1. The lowest BCUT2D eigenvalue weighted by molar-refractivity contribution is 0.0955. The number of carbonyl (C=O) groups excluding carboxylic acids is 1. The highest BCUT2D eigenvalue weighted by Gasteiger charge is 2.30. The Labute approximate surface area is 162 Å². The number of fused-ring (bicyclic) bond motifs is 3. The van der Waals surface area contributed by atoms with E-state index in [4.69, 9.17) is 4.98 Å². The van der Waals surface area contributed by atoms with Gasteiger partial charge in [0.1, 0.15) is 17.2 Å². The Kier molecular flexibility index (Phi) is 4.93. The van der Waals surface area contributed by atoms with Gasteiger partial charge in [-0.2, -0.15) is 5.10 Å². The first-order chi connectivity index (χ1) is 13.5. The zero-order valence-corrected chi connectivity index (χ0v) is 15.9. The Bertz CT molecular complexity index is 988. The minimum Gasteiger partial charge on any atom is -0.352 e. The molecular formula is C20H23FN6O. The number of rotatable bonds is 1. The van der Waals surface area contributed by atoms with E-state index in [2.05, 4.69) is 26.9 Å². The number of hydrogen-bond acceptors (Lipinski definition) is 5. The highest BCUT2D eigenvalue weighted by Crippen LogP contribution is 2.30. The van der Waals surface area contributed by atoms with Crippen LogP contribution < -0.4 is 10.2 Å². The number of aromatic nitrogens is 3. The Hall–Kier alpha value is -3.03. The average molecular weight is 382 g/mol. The maximum Gasteiger partial charge on any atom is 0.256 e. The fraction of sp³-hybridized carbons (Fsp3) is 0.400. The Morgan fingerprint density at radius 2 is 2.32 bits per heavy atom. The number of hydrogen-bond donors (Lipinski definition) is 1. The van der Waals surface area contributed by atoms with Gasteiger partial charge in [0, 0.05) is 25.0 Å². The van der Waals surface area contributed by atoms with Crippen molar-refractivity contribution in [2.24, 2.45) is 4.99 Å². The van der Waals surface area contributed by atoms with Gasteiger partial charge in [-0.15, -0.1) is 0 Å². The molecule has 1 atom stereocenters. The normalized spacial score (nSPS) is 22.8. The van der Waals surface area contributed by atoms with Crippen LogP contribution in [0.15, 0.2) is 47.6 Å². The van der Waals surface area contributed by atoms with Crippen LogP contribution in [0.25, 0.3) is 5.65 Å². The molecular weight excluding hydrogens is 359 g/mol. The van der Waals surface area contributed by atoms with Gasteiger partial charge < -0.3 is 10.2 Å². The molecule has 2 aliphatic heterocycles. The van der Waals surface area contributed by atoms with Crippen LogP contribution in [0.3, 0.4) is 0 Å². The molecule has 0 unspecified atom stereocenters. The number of halogens is 1. The second kappa shape index (κ2) is 7.53. The Balaban J connectivity index is 1.78. The summed E-state index contributed by atoms with van der Waals surface area (Å²) in [6.45, 7) is 6.99. The molecule has 7 nitrogen and oxygen atoms in total. The molecule has 0 aromatic carbocycles. The molecule has 28 heavy (non-hydrogen) atoms. The van der Waals surface area contributed by atoms with E-state index in [9.17, 15) is 9.18 Å². The molecule has 1 fully saturated rings. The summed E-state index contributed by atoms with van der Waals surface area (Å²) >= 11 is 0. The summed E-state index contributed by atoms with van der Waals surface area (Å²) in [5.74, 6) is 0.231. The third-order valence-corrected chi connectivity index (χ3v) is 5.19. The molecule has 4 rings (SSSR count). The van der Waals surface area contributed by atoms with Crippen LogP contribution in [0.5, 0.6) is 0 Å². The maximum atomic E-state index is 13.3. The smallest absolute Gasteiger partial charge is 0.256 e. The summed E-state index contributed by atoms with van der Waals surface area (Å²) in [5, 5.41) is 7.14. The largest absolute Gasteiger partial charge is 0.352 e. The molecule has 0 aliphatic carbocycles. The minimum atomic E-state index is -0.348. The SMILES string of the molecule is C=C1/C(=N\C=C(/C)F)CCCNC(=O)c2cnn3ccc(nc23)N2CCC[C@H]12. The number of aliphatic imine (C=N–C) groups is 1. The van der Waals surface area contributed by atoms with Gasteiger partial charge in [0.2, 0.25) is 0 Å². The molecule has 2 bridgehead atoms. The van der Waals surface area contributed by atoms with Crippen molar-refractivity contribution in [1.82, 2.24) is 19.9 Å². The summed E-state index contributed by atoms with van der Waals surface area (Å²) in [6, 6.07) is 1.95. The monoisotopic (exact) mass is 382 g/mol. The predicted molar refractivity (Wildman–Crippen MR) is 106 cm³/mol. The maximum absolute atomic E-state index is 13.3. The van der Waals surface area contributed by atoms with Gasteiger partial charge in [-0.25, -0.2) is 13.9 Å². The van der Waals surface area contributed by atoms with Gasteiger partial charge in [0.05, 0.1) is 18.4 Å². The molecule has 0 radical (unpaired) electrons. The molecule has 1 saturated heterocycles. The second-order valence-electron chi connectivity index (χ2n) is 7.14. The standard InChI is InChI=1S/C20H23FN6O/c1-13(21)11-23-16-5-3-8-22-20(28)15-12-24-27-10-7-18(25-19(15)27)26-9-4-6-17(26)14(16)2/h7,10-12,17H,2-6,8-9H2,1H3,(H,22,28)/b13-11+,23-16-/t17-/m1/s1. The van der Waals surface area contributed by atoms with Crippen molar-refractivity contribution in [2.75, 3.05) is 18.0 Å². The van der Waals surface area contributed by atoms with Crippen LogP contribution in [0, 0.1) is 0 Å². The van der Waals surface area contributed by atoms with E-state index in [-0.39, 0.29) is 17.8 Å². The van der Waals surface area contributed by atoms with Crippen molar-refractivity contribution in [2.45, 2.75) is 38.6 Å². The number of nitrogens with one attached hydrogen (secondary N) is 1. The minimum absolute atomic E-state index is 0.0535. The lowest BCUT2D eigenvalue weighted by Crippen LogP contribution is -2.34. The second-order valence-corrected chi connectivity index (χ2v) is 7.14. The number of amides is 1. The van der Waals surface area contributed by atoms with Crippen molar-refractivity contribution in [3.05, 3.63) is 48.2 Å². The predicted octanol–water partition coefficient (Wildman–Crippen LogP) is 3.05. The molecule has 1 N–H and O–H groups in total. The first kappa shape index (κ1) is 18.3. The van der Waals surface area contributed by atoms with E-state index < -0.39 is 0 Å². The fourth-order valence-corrected chi connectivity index (χ4v) is 3.80. The van der Waals surface area contributed by atoms with Crippen LogP contribution in [-0.2, 0) is 0 Å². The third kappa shape index (κ3) is 3.42. The molecule has 2 aromatic rings. The van der Waals surface area contributed by atoms with Gasteiger partial charge in [-0.3, -0.25) is 9.79 Å². The summed E-state index contributed by atoms with van der Waals surface area (Å²) in [6.07, 6.45) is 7.84. The highest BCUT2D eigenvalue weighted by molar-refractivity contribution is 6.02. The van der Waals surface area contributed by atoms with Crippen molar-refractivity contribution < 1.29 is 9.18 Å². The first-order valence-corrected chi connectivity index (χ1v) is 9.52. The first-order valence-electron chi connectivity index (χ1n) is 9.52. The molecule has 1 amide bonds. The van der Waals surface area contributed by atoms with Gasteiger partial charge >= 0.3 is 0 Å². The summed E-state index contributed by atoms with van der Waals surface area (Å²) < 4.78 is 14.9. The summed E-state index contributed by atoms with van der Waals surface area (Å²) in [4.78, 5) is 23.8. The number of anilines is 1. The Morgan fingerprint density at radius 1 is 1.46 bits per heavy atom. The van der Waals surface area contributed by atoms with E-state index in [1.54, 1.807) is 10.7 Å². The van der Waals surface area contributed by atoms with E-state index in [0.29, 0.717) is 30.6 Å². The molecule has 0 saturated carbocycles. The zero-order valence-electron chi connectivity index (χ0n) is 15.9. The van der Waals surface area contributed by atoms with Crippen LogP contribution in [0.2, 0.25) is 0 Å². The summed E-state index contributed by atoms with van der Waals surface area (Å²) in [7, 11) is 0. The quantitative estimate of drug-likeness (QED) is 0.823. The van der Waals surface area contributed by atoms with E-state index in [1.807, 2.05) is 12.3 Å². The summed E-state index contributed by atoms with van der Waals surface area (Å²) in [5.41, 5.74) is 2.65. The van der Waals surface area contributed by atoms with Crippen LogP contribution in [0.4, 0.5) is 10.2 Å². The highest BCUT2D eigenvalue weighted by atomic mass is 19.1. The van der Waals surface area contributed by atoms with Crippen molar-refractivity contribution >= 4 is 23.1 Å².